The van der Waals surface area contributed by atoms with Crippen LogP contribution in [0.4, 0.5) is 0 Å². The van der Waals surface area contributed by atoms with Crippen LogP contribution in [-0.2, 0) is 0 Å². The lowest BCUT2D eigenvalue weighted by Gasteiger charge is -2.24. The number of carbonyl (C=O) groups excluding carboxylic acids is 1. The van der Waals surface area contributed by atoms with E-state index in [2.05, 4.69) is 15.9 Å². The first-order valence-electron chi connectivity index (χ1n) is 7.33. The van der Waals surface area contributed by atoms with Gasteiger partial charge in [-0.3, -0.25) is 9.59 Å². The van der Waals surface area contributed by atoms with Crippen LogP contribution in [0, 0.1) is 0 Å². The van der Waals surface area contributed by atoms with Crippen molar-refractivity contribution < 1.29 is 13.9 Å². The molecule has 1 aliphatic rings. The molecular formula is C17H16BrNO4. The number of nitrogens with zero attached hydrogens (tertiary/aromatic N) is 1. The van der Waals surface area contributed by atoms with Crippen molar-refractivity contribution in [1.29, 1.82) is 0 Å². The van der Waals surface area contributed by atoms with Gasteiger partial charge in [0, 0.05) is 17.1 Å². The van der Waals surface area contributed by atoms with Gasteiger partial charge in [-0.25, -0.2) is 0 Å². The summed E-state index contributed by atoms with van der Waals surface area (Å²) in [6.45, 7) is 0.648. The lowest BCUT2D eigenvalue weighted by molar-refractivity contribution is 0.0700. The zero-order valence-corrected chi connectivity index (χ0v) is 14.2. The molecule has 0 aliphatic carbocycles. The highest BCUT2D eigenvalue weighted by molar-refractivity contribution is 9.10. The van der Waals surface area contributed by atoms with Gasteiger partial charge in [0.2, 0.25) is 11.2 Å². The molecule has 120 valence electrons. The fraction of sp³-hybridized carbons (Fsp3) is 0.294. The summed E-state index contributed by atoms with van der Waals surface area (Å²) in [7, 11) is 1.39. The smallest absolute Gasteiger partial charge is 0.290 e. The third kappa shape index (κ3) is 3.17. The number of hydrogen-bond donors (Lipinski definition) is 0. The van der Waals surface area contributed by atoms with Crippen LogP contribution >= 0.6 is 15.9 Å². The topological polar surface area (TPSA) is 59.8 Å². The van der Waals surface area contributed by atoms with E-state index < -0.39 is 0 Å². The Morgan fingerprint density at radius 2 is 2.09 bits per heavy atom. The van der Waals surface area contributed by atoms with Crippen LogP contribution < -0.4 is 10.2 Å². The van der Waals surface area contributed by atoms with Crippen molar-refractivity contribution in [3.05, 3.63) is 62.6 Å². The number of methoxy groups -OCH3 is 1. The summed E-state index contributed by atoms with van der Waals surface area (Å²) in [5.74, 6) is -0.137. The van der Waals surface area contributed by atoms with Crippen molar-refractivity contribution in [2.24, 2.45) is 0 Å². The van der Waals surface area contributed by atoms with E-state index in [1.807, 2.05) is 24.3 Å². The lowest BCUT2D eigenvalue weighted by atomic mass is 10.0. The Kier molecular flexibility index (Phi) is 4.52. The molecule has 1 aromatic heterocycles. The van der Waals surface area contributed by atoms with E-state index in [-0.39, 0.29) is 28.9 Å². The molecular weight excluding hydrogens is 362 g/mol. The number of ether oxygens (including phenoxy) is 1. The molecule has 23 heavy (non-hydrogen) atoms. The van der Waals surface area contributed by atoms with Gasteiger partial charge in [-0.05, 0) is 30.5 Å². The second kappa shape index (κ2) is 6.58. The van der Waals surface area contributed by atoms with Gasteiger partial charge in [0.05, 0.1) is 13.2 Å². The highest BCUT2D eigenvalue weighted by atomic mass is 79.9. The molecule has 1 unspecified atom stereocenters. The van der Waals surface area contributed by atoms with Gasteiger partial charge in [-0.2, -0.15) is 0 Å². The van der Waals surface area contributed by atoms with Gasteiger partial charge in [-0.15, -0.1) is 0 Å². The van der Waals surface area contributed by atoms with Gasteiger partial charge < -0.3 is 14.1 Å². The minimum Gasteiger partial charge on any atom is -0.490 e. The van der Waals surface area contributed by atoms with Gasteiger partial charge in [-0.1, -0.05) is 28.1 Å². The maximum absolute atomic E-state index is 12.7. The molecule has 2 aromatic rings. The fourth-order valence-electron chi connectivity index (χ4n) is 2.84. The number of carbonyl (C=O) groups is 1. The van der Waals surface area contributed by atoms with Gasteiger partial charge in [0.15, 0.2) is 5.76 Å². The van der Waals surface area contributed by atoms with Crippen molar-refractivity contribution in [3.63, 3.8) is 0 Å². The Bertz CT molecular complexity index is 769. The average Bonchev–Trinajstić information content (AvgIpc) is 3.04. The molecule has 0 spiro atoms. The third-order valence-corrected chi connectivity index (χ3v) is 4.53. The third-order valence-electron chi connectivity index (χ3n) is 4.00. The molecule has 0 bridgehead atoms. The summed E-state index contributed by atoms with van der Waals surface area (Å²) < 4.78 is 11.2. The van der Waals surface area contributed by atoms with Crippen LogP contribution in [0.3, 0.4) is 0 Å². The van der Waals surface area contributed by atoms with Gasteiger partial charge in [0.1, 0.15) is 6.26 Å². The van der Waals surface area contributed by atoms with Crippen molar-refractivity contribution in [2.45, 2.75) is 18.9 Å². The minimum absolute atomic E-state index is 0.00278. The van der Waals surface area contributed by atoms with Gasteiger partial charge >= 0.3 is 0 Å². The second-order valence-corrected chi connectivity index (χ2v) is 6.30. The maximum Gasteiger partial charge on any atom is 0.290 e. The number of benzene rings is 1. The molecule has 1 saturated heterocycles. The first-order valence-corrected chi connectivity index (χ1v) is 8.12. The first kappa shape index (κ1) is 15.8. The molecule has 3 rings (SSSR count). The SMILES string of the molecule is COc1coc(C(=O)N2CCCC2c2ccc(Br)cc2)cc1=O. The highest BCUT2D eigenvalue weighted by Crippen LogP contribution is 2.33. The van der Waals surface area contributed by atoms with Crippen molar-refractivity contribution >= 4 is 21.8 Å². The zero-order chi connectivity index (χ0) is 16.4. The average molecular weight is 378 g/mol. The van der Waals surface area contributed by atoms with E-state index in [1.54, 1.807) is 4.90 Å². The highest BCUT2D eigenvalue weighted by Gasteiger charge is 2.32. The Labute approximate surface area is 142 Å². The summed E-state index contributed by atoms with van der Waals surface area (Å²) in [5, 5.41) is 0. The van der Waals surface area contributed by atoms with Crippen LogP contribution in [0.1, 0.15) is 35.0 Å². The molecule has 1 aliphatic heterocycles. The molecule has 2 heterocycles. The minimum atomic E-state index is -0.360. The lowest BCUT2D eigenvalue weighted by Crippen LogP contribution is -2.31. The molecule has 1 aromatic carbocycles. The number of hydrogen-bond acceptors (Lipinski definition) is 4. The van der Waals surface area contributed by atoms with E-state index >= 15 is 0 Å². The first-order chi connectivity index (χ1) is 11.1. The summed E-state index contributed by atoms with van der Waals surface area (Å²) in [6, 6.07) is 9.13. The number of likely N-dealkylation sites (tertiary alicyclic amines) is 1. The standard InChI is InChI=1S/C17H16BrNO4/c1-22-16-10-23-15(9-14(16)20)17(21)19-8-2-3-13(19)11-4-6-12(18)7-5-11/h4-7,9-10,13H,2-3,8H2,1H3. The molecule has 6 heteroatoms. The summed E-state index contributed by atoms with van der Waals surface area (Å²) in [5.41, 5.74) is 0.719. The number of rotatable bonds is 3. The van der Waals surface area contributed by atoms with Crippen molar-refractivity contribution in [2.75, 3.05) is 13.7 Å². The maximum atomic E-state index is 12.7. The Morgan fingerprint density at radius 1 is 1.35 bits per heavy atom. The number of amides is 1. The Balaban J connectivity index is 1.87. The number of halogens is 1. The molecule has 0 radical (unpaired) electrons. The summed E-state index contributed by atoms with van der Waals surface area (Å²) in [4.78, 5) is 26.3. The Hall–Kier alpha value is -2.08. The van der Waals surface area contributed by atoms with Crippen LogP contribution in [-0.4, -0.2) is 24.5 Å². The largest absolute Gasteiger partial charge is 0.490 e. The van der Waals surface area contributed by atoms with Crippen LogP contribution in [0.25, 0.3) is 0 Å². The Morgan fingerprint density at radius 3 is 2.74 bits per heavy atom. The van der Waals surface area contributed by atoms with Crippen LogP contribution in [0.15, 0.2) is 50.3 Å². The molecule has 5 nitrogen and oxygen atoms in total. The monoisotopic (exact) mass is 377 g/mol. The quantitative estimate of drug-likeness (QED) is 0.822. The normalized spacial score (nSPS) is 17.3. The fourth-order valence-corrected chi connectivity index (χ4v) is 3.11. The van der Waals surface area contributed by atoms with E-state index in [0.717, 1.165) is 22.9 Å². The van der Waals surface area contributed by atoms with E-state index in [1.165, 1.54) is 19.4 Å². The zero-order valence-electron chi connectivity index (χ0n) is 12.6. The second-order valence-electron chi connectivity index (χ2n) is 5.39. The van der Waals surface area contributed by atoms with Crippen LogP contribution in [0.5, 0.6) is 5.75 Å². The molecule has 0 N–H and O–H groups in total. The molecule has 1 amide bonds. The molecule has 0 saturated carbocycles. The summed E-state index contributed by atoms with van der Waals surface area (Å²) >= 11 is 3.41. The molecule has 1 fully saturated rings. The van der Waals surface area contributed by atoms with Crippen molar-refractivity contribution in [1.82, 2.24) is 4.90 Å². The van der Waals surface area contributed by atoms with Gasteiger partial charge in [0.25, 0.3) is 5.91 Å². The van der Waals surface area contributed by atoms with E-state index in [0.29, 0.717) is 6.54 Å². The molecule has 1 atom stereocenters. The predicted octanol–water partition coefficient (Wildman–Crippen LogP) is 3.39. The predicted molar refractivity (Wildman–Crippen MR) is 88.7 cm³/mol. The van der Waals surface area contributed by atoms with Crippen molar-refractivity contribution in [3.8, 4) is 5.75 Å². The van der Waals surface area contributed by atoms with Crippen LogP contribution in [0.2, 0.25) is 0 Å². The van der Waals surface area contributed by atoms with E-state index in [4.69, 9.17) is 9.15 Å². The van der Waals surface area contributed by atoms with E-state index in [9.17, 15) is 9.59 Å². The summed E-state index contributed by atoms with van der Waals surface area (Å²) in [6.07, 6.45) is 3.00.